The summed E-state index contributed by atoms with van der Waals surface area (Å²) in [5.41, 5.74) is 9.03. The quantitative estimate of drug-likeness (QED) is 0.818. The first-order valence-electron chi connectivity index (χ1n) is 7.14. The molecule has 110 valence electrons. The lowest BCUT2D eigenvalue weighted by Gasteiger charge is -2.52. The van der Waals surface area contributed by atoms with E-state index in [1.807, 2.05) is 19.1 Å². The highest BCUT2D eigenvalue weighted by atomic mass is 32.1. The first-order chi connectivity index (χ1) is 9.36. The van der Waals surface area contributed by atoms with Crippen molar-refractivity contribution in [3.05, 3.63) is 29.3 Å². The third-order valence-electron chi connectivity index (χ3n) is 4.38. The Balaban J connectivity index is 2.05. The van der Waals surface area contributed by atoms with Crippen molar-refractivity contribution in [2.45, 2.75) is 46.3 Å². The number of ether oxygens (including phenoxy) is 1. The summed E-state index contributed by atoms with van der Waals surface area (Å²) in [6.07, 6.45) is 1.40. The number of hydrogen-bond acceptors (Lipinski definition) is 3. The van der Waals surface area contributed by atoms with Gasteiger partial charge in [-0.2, -0.15) is 0 Å². The molecule has 1 fully saturated rings. The van der Waals surface area contributed by atoms with E-state index in [2.05, 4.69) is 32.2 Å². The fraction of sp³-hybridized carbons (Fsp3) is 0.562. The van der Waals surface area contributed by atoms with Crippen LogP contribution in [-0.2, 0) is 4.74 Å². The molecular formula is C16H24N2OS. The van der Waals surface area contributed by atoms with E-state index in [9.17, 15) is 0 Å². The van der Waals surface area contributed by atoms with Crippen molar-refractivity contribution in [2.24, 2.45) is 11.1 Å². The van der Waals surface area contributed by atoms with Gasteiger partial charge in [0.05, 0.1) is 6.10 Å². The lowest BCUT2D eigenvalue weighted by Crippen LogP contribution is -2.58. The predicted octanol–water partition coefficient (Wildman–Crippen LogP) is 3.24. The van der Waals surface area contributed by atoms with Crippen molar-refractivity contribution in [3.63, 3.8) is 0 Å². The van der Waals surface area contributed by atoms with Gasteiger partial charge in [-0.05, 0) is 44.0 Å². The number of rotatable bonds is 5. The smallest absolute Gasteiger partial charge is 0.104 e. The molecule has 2 unspecified atom stereocenters. The van der Waals surface area contributed by atoms with Crippen LogP contribution < -0.4 is 11.1 Å². The van der Waals surface area contributed by atoms with Gasteiger partial charge in [0.15, 0.2) is 0 Å². The molecule has 1 aliphatic rings. The maximum atomic E-state index is 5.76. The van der Waals surface area contributed by atoms with E-state index in [4.69, 9.17) is 22.7 Å². The molecule has 1 aromatic rings. The summed E-state index contributed by atoms with van der Waals surface area (Å²) in [6.45, 7) is 9.38. The summed E-state index contributed by atoms with van der Waals surface area (Å²) >= 11 is 5.04. The van der Waals surface area contributed by atoms with Crippen LogP contribution in [0.15, 0.2) is 18.2 Å². The van der Waals surface area contributed by atoms with E-state index in [0.29, 0.717) is 17.1 Å². The zero-order chi connectivity index (χ0) is 14.9. The highest BCUT2D eigenvalue weighted by molar-refractivity contribution is 7.80. The number of anilines is 1. The molecule has 0 aromatic heterocycles. The van der Waals surface area contributed by atoms with E-state index in [0.717, 1.165) is 29.8 Å². The van der Waals surface area contributed by atoms with Gasteiger partial charge in [-0.3, -0.25) is 0 Å². The van der Waals surface area contributed by atoms with Gasteiger partial charge in [-0.15, -0.1) is 0 Å². The topological polar surface area (TPSA) is 47.3 Å². The second-order valence-corrected chi connectivity index (χ2v) is 6.53. The Bertz CT molecular complexity index is 513. The summed E-state index contributed by atoms with van der Waals surface area (Å²) in [7, 11) is 0. The van der Waals surface area contributed by atoms with Crippen LogP contribution in [0.5, 0.6) is 0 Å². The second kappa shape index (κ2) is 5.70. The molecule has 4 heteroatoms. The third kappa shape index (κ3) is 2.81. The molecule has 0 amide bonds. The van der Waals surface area contributed by atoms with Gasteiger partial charge >= 0.3 is 0 Å². The number of nitrogens with one attached hydrogen (secondary N) is 1. The van der Waals surface area contributed by atoms with Crippen molar-refractivity contribution >= 4 is 22.9 Å². The van der Waals surface area contributed by atoms with Crippen LogP contribution in [-0.4, -0.2) is 23.7 Å². The molecule has 20 heavy (non-hydrogen) atoms. The first kappa shape index (κ1) is 15.3. The van der Waals surface area contributed by atoms with E-state index in [1.54, 1.807) is 0 Å². The lowest BCUT2D eigenvalue weighted by molar-refractivity contribution is -0.0975. The van der Waals surface area contributed by atoms with Gasteiger partial charge in [-0.1, -0.05) is 26.1 Å². The average Bonchev–Trinajstić information content (AvgIpc) is 2.37. The van der Waals surface area contributed by atoms with Gasteiger partial charge in [0.2, 0.25) is 0 Å². The van der Waals surface area contributed by atoms with Crippen LogP contribution in [0.3, 0.4) is 0 Å². The van der Waals surface area contributed by atoms with Gasteiger partial charge in [0.25, 0.3) is 0 Å². The molecule has 2 atom stereocenters. The van der Waals surface area contributed by atoms with E-state index < -0.39 is 0 Å². The summed E-state index contributed by atoms with van der Waals surface area (Å²) in [4.78, 5) is 0.453. The third-order valence-corrected chi connectivity index (χ3v) is 4.60. The fourth-order valence-corrected chi connectivity index (χ4v) is 3.07. The van der Waals surface area contributed by atoms with Crippen LogP contribution in [0.1, 0.15) is 38.3 Å². The Morgan fingerprint density at radius 3 is 2.70 bits per heavy atom. The van der Waals surface area contributed by atoms with Crippen LogP contribution in [0, 0.1) is 12.3 Å². The molecule has 0 bridgehead atoms. The van der Waals surface area contributed by atoms with Gasteiger partial charge in [0, 0.05) is 29.3 Å². The Morgan fingerprint density at radius 1 is 1.50 bits per heavy atom. The minimum atomic E-state index is 0.158. The molecule has 3 nitrogen and oxygen atoms in total. The van der Waals surface area contributed by atoms with Crippen LogP contribution in [0.25, 0.3) is 0 Å². The standard InChI is InChI=1S/C16H24N2OS/c1-5-19-14-9-13(16(14,3)4)18-11-6-7-12(15(17)20)10(2)8-11/h6-8,13-14,18H,5,9H2,1-4H3,(H2,17,20). The lowest BCUT2D eigenvalue weighted by atomic mass is 9.64. The Hall–Kier alpha value is -1.13. The summed E-state index contributed by atoms with van der Waals surface area (Å²) in [5.74, 6) is 0. The van der Waals surface area contributed by atoms with E-state index in [1.165, 1.54) is 0 Å². The molecule has 0 saturated heterocycles. The van der Waals surface area contributed by atoms with Crippen LogP contribution in [0.2, 0.25) is 0 Å². The van der Waals surface area contributed by atoms with Crippen molar-refractivity contribution in [1.29, 1.82) is 0 Å². The zero-order valence-electron chi connectivity index (χ0n) is 12.7. The second-order valence-electron chi connectivity index (χ2n) is 6.09. The van der Waals surface area contributed by atoms with Crippen molar-refractivity contribution in [2.75, 3.05) is 11.9 Å². The summed E-state index contributed by atoms with van der Waals surface area (Å²) in [6, 6.07) is 6.59. The molecule has 1 aliphatic carbocycles. The largest absolute Gasteiger partial charge is 0.389 e. The molecule has 1 saturated carbocycles. The molecule has 0 aliphatic heterocycles. The SMILES string of the molecule is CCOC1CC(Nc2ccc(C(N)=S)c(C)c2)C1(C)C. The first-order valence-corrected chi connectivity index (χ1v) is 7.55. The van der Waals surface area contributed by atoms with Crippen LogP contribution in [0.4, 0.5) is 5.69 Å². The number of thiocarbonyl (C=S) groups is 1. The fourth-order valence-electron chi connectivity index (χ4n) is 2.85. The molecule has 2 rings (SSSR count). The minimum Gasteiger partial charge on any atom is -0.389 e. The Labute approximate surface area is 126 Å². The monoisotopic (exact) mass is 292 g/mol. The number of benzene rings is 1. The van der Waals surface area contributed by atoms with Crippen molar-refractivity contribution < 1.29 is 4.74 Å². The number of nitrogens with two attached hydrogens (primary N) is 1. The molecule has 0 heterocycles. The highest BCUT2D eigenvalue weighted by Crippen LogP contribution is 2.44. The average molecular weight is 292 g/mol. The summed E-state index contributed by atoms with van der Waals surface area (Å²) in [5, 5.41) is 3.60. The van der Waals surface area contributed by atoms with Gasteiger partial charge in [-0.25, -0.2) is 0 Å². The molecular weight excluding hydrogens is 268 g/mol. The number of aryl methyl sites for hydroxylation is 1. The molecule has 0 spiro atoms. The van der Waals surface area contributed by atoms with E-state index >= 15 is 0 Å². The Kier molecular flexibility index (Phi) is 4.35. The highest BCUT2D eigenvalue weighted by Gasteiger charge is 2.48. The maximum Gasteiger partial charge on any atom is 0.104 e. The van der Waals surface area contributed by atoms with Crippen molar-refractivity contribution in [1.82, 2.24) is 0 Å². The van der Waals surface area contributed by atoms with Crippen molar-refractivity contribution in [3.8, 4) is 0 Å². The summed E-state index contributed by atoms with van der Waals surface area (Å²) < 4.78 is 5.76. The minimum absolute atomic E-state index is 0.158. The van der Waals surface area contributed by atoms with Gasteiger partial charge < -0.3 is 15.8 Å². The number of hydrogen-bond donors (Lipinski definition) is 2. The molecule has 0 radical (unpaired) electrons. The Morgan fingerprint density at radius 2 is 2.20 bits per heavy atom. The normalized spacial score (nSPS) is 24.0. The van der Waals surface area contributed by atoms with Crippen LogP contribution >= 0.6 is 12.2 Å². The zero-order valence-corrected chi connectivity index (χ0v) is 13.5. The molecule has 1 aromatic carbocycles. The van der Waals surface area contributed by atoms with E-state index in [-0.39, 0.29) is 5.41 Å². The van der Waals surface area contributed by atoms with Gasteiger partial charge in [0.1, 0.15) is 4.99 Å². The maximum absolute atomic E-state index is 5.76. The predicted molar refractivity (Wildman–Crippen MR) is 88.3 cm³/mol. The molecule has 3 N–H and O–H groups in total.